The first-order valence-corrected chi connectivity index (χ1v) is 6.82. The minimum absolute atomic E-state index is 0. The third-order valence-electron chi connectivity index (χ3n) is 3.47. The summed E-state index contributed by atoms with van der Waals surface area (Å²) in [7, 11) is 0. The van der Waals surface area contributed by atoms with Crippen LogP contribution in [0.3, 0.4) is 0 Å². The molecule has 6 heteroatoms. The molecule has 0 aliphatic rings. The van der Waals surface area contributed by atoms with Gasteiger partial charge < -0.3 is 11.1 Å². The van der Waals surface area contributed by atoms with Crippen LogP contribution in [0.15, 0.2) is 30.3 Å². The maximum atomic E-state index is 13.1. The number of rotatable bonds is 7. The van der Waals surface area contributed by atoms with Crippen molar-refractivity contribution < 1.29 is 13.6 Å². The molecule has 1 amide bonds. The Morgan fingerprint density at radius 3 is 2.38 bits per heavy atom. The first-order chi connectivity index (χ1) is 9.41. The molecule has 0 aliphatic carbocycles. The molecule has 0 fully saturated rings. The number of amides is 1. The van der Waals surface area contributed by atoms with Crippen molar-refractivity contribution in [2.75, 3.05) is 13.1 Å². The van der Waals surface area contributed by atoms with Crippen molar-refractivity contribution in [1.29, 1.82) is 0 Å². The monoisotopic (exact) mass is 320 g/mol. The largest absolute Gasteiger partial charge is 0.349 e. The van der Waals surface area contributed by atoms with E-state index in [1.54, 1.807) is 0 Å². The van der Waals surface area contributed by atoms with Crippen molar-refractivity contribution in [2.24, 2.45) is 11.7 Å². The SMILES string of the molecule is CCC(C)C(C(=O)NCC(F)(F)CN)c1ccccc1.Cl. The van der Waals surface area contributed by atoms with Crippen LogP contribution in [0.2, 0.25) is 0 Å². The first-order valence-electron chi connectivity index (χ1n) is 6.82. The molecule has 0 spiro atoms. The van der Waals surface area contributed by atoms with Crippen LogP contribution in [0.1, 0.15) is 31.7 Å². The Morgan fingerprint density at radius 2 is 1.90 bits per heavy atom. The molecule has 0 aromatic heterocycles. The maximum Gasteiger partial charge on any atom is 0.277 e. The highest BCUT2D eigenvalue weighted by atomic mass is 35.5. The zero-order chi connectivity index (χ0) is 15.2. The smallest absolute Gasteiger partial charge is 0.277 e. The molecule has 0 heterocycles. The van der Waals surface area contributed by atoms with E-state index >= 15 is 0 Å². The van der Waals surface area contributed by atoms with Crippen LogP contribution in [-0.4, -0.2) is 24.9 Å². The van der Waals surface area contributed by atoms with E-state index in [1.807, 2.05) is 44.2 Å². The molecule has 1 rings (SSSR count). The second-order valence-electron chi connectivity index (χ2n) is 5.05. The Bertz CT molecular complexity index is 429. The first kappa shape index (κ1) is 19.8. The molecular formula is C15H23ClF2N2O. The molecule has 3 N–H and O–H groups in total. The number of halogens is 3. The molecule has 0 radical (unpaired) electrons. The molecule has 120 valence electrons. The molecule has 1 aromatic rings. The van der Waals surface area contributed by atoms with Crippen LogP contribution >= 0.6 is 12.4 Å². The number of nitrogens with one attached hydrogen (secondary N) is 1. The van der Waals surface area contributed by atoms with Gasteiger partial charge in [-0.05, 0) is 11.5 Å². The fourth-order valence-electron chi connectivity index (χ4n) is 2.03. The van der Waals surface area contributed by atoms with E-state index in [1.165, 1.54) is 0 Å². The maximum absolute atomic E-state index is 13.1. The summed E-state index contributed by atoms with van der Waals surface area (Å²) in [6.45, 7) is 2.43. The average molecular weight is 321 g/mol. The topological polar surface area (TPSA) is 55.1 Å². The number of carbonyl (C=O) groups is 1. The van der Waals surface area contributed by atoms with Gasteiger partial charge in [0.1, 0.15) is 0 Å². The van der Waals surface area contributed by atoms with Crippen molar-refractivity contribution in [3.05, 3.63) is 35.9 Å². The van der Waals surface area contributed by atoms with Crippen LogP contribution in [0.5, 0.6) is 0 Å². The summed E-state index contributed by atoms with van der Waals surface area (Å²) in [6, 6.07) is 9.23. The van der Waals surface area contributed by atoms with E-state index in [0.717, 1.165) is 12.0 Å². The highest BCUT2D eigenvalue weighted by Crippen LogP contribution is 2.27. The Balaban J connectivity index is 0.00000400. The van der Waals surface area contributed by atoms with Gasteiger partial charge in [-0.2, -0.15) is 0 Å². The summed E-state index contributed by atoms with van der Waals surface area (Å²) in [4.78, 5) is 12.2. The molecule has 0 saturated heterocycles. The number of benzene rings is 1. The van der Waals surface area contributed by atoms with Gasteiger partial charge in [0.15, 0.2) is 0 Å². The minimum Gasteiger partial charge on any atom is -0.349 e. The third kappa shape index (κ3) is 5.98. The van der Waals surface area contributed by atoms with E-state index in [-0.39, 0.29) is 24.2 Å². The highest BCUT2D eigenvalue weighted by Gasteiger charge is 2.31. The Hall–Kier alpha value is -1.20. The quantitative estimate of drug-likeness (QED) is 0.811. The number of alkyl halides is 2. The van der Waals surface area contributed by atoms with Gasteiger partial charge in [0.25, 0.3) is 5.92 Å². The average Bonchev–Trinajstić information content (AvgIpc) is 2.46. The van der Waals surface area contributed by atoms with E-state index in [4.69, 9.17) is 5.73 Å². The Labute approximate surface area is 130 Å². The van der Waals surface area contributed by atoms with Crippen molar-refractivity contribution in [3.63, 3.8) is 0 Å². The predicted molar refractivity (Wildman–Crippen MR) is 82.9 cm³/mol. The Morgan fingerprint density at radius 1 is 1.33 bits per heavy atom. The van der Waals surface area contributed by atoms with Crippen molar-refractivity contribution in [3.8, 4) is 0 Å². The third-order valence-corrected chi connectivity index (χ3v) is 3.47. The number of nitrogens with two attached hydrogens (primary N) is 1. The fraction of sp³-hybridized carbons (Fsp3) is 0.533. The van der Waals surface area contributed by atoms with E-state index < -0.39 is 24.9 Å². The minimum atomic E-state index is -3.06. The van der Waals surface area contributed by atoms with Crippen molar-refractivity contribution in [1.82, 2.24) is 5.32 Å². The van der Waals surface area contributed by atoms with E-state index in [0.29, 0.717) is 0 Å². The van der Waals surface area contributed by atoms with Gasteiger partial charge >= 0.3 is 0 Å². The van der Waals surface area contributed by atoms with Gasteiger partial charge in [-0.1, -0.05) is 50.6 Å². The summed E-state index contributed by atoms with van der Waals surface area (Å²) in [6.07, 6.45) is 0.792. The molecule has 2 unspecified atom stereocenters. The lowest BCUT2D eigenvalue weighted by atomic mass is 9.85. The summed E-state index contributed by atoms with van der Waals surface area (Å²) >= 11 is 0. The zero-order valence-electron chi connectivity index (χ0n) is 12.3. The summed E-state index contributed by atoms with van der Waals surface area (Å²) in [5.74, 6) is -3.79. The number of hydrogen-bond acceptors (Lipinski definition) is 2. The van der Waals surface area contributed by atoms with Crippen LogP contribution in [0.4, 0.5) is 8.78 Å². The van der Waals surface area contributed by atoms with Gasteiger partial charge in [0.05, 0.1) is 19.0 Å². The van der Waals surface area contributed by atoms with Gasteiger partial charge in [-0.15, -0.1) is 12.4 Å². The molecule has 3 nitrogen and oxygen atoms in total. The molecule has 0 bridgehead atoms. The molecule has 21 heavy (non-hydrogen) atoms. The molecule has 1 aromatic carbocycles. The Kier molecular flexibility index (Phi) is 8.44. The lowest BCUT2D eigenvalue weighted by Crippen LogP contribution is -2.43. The normalized spacial score (nSPS) is 14.0. The van der Waals surface area contributed by atoms with Crippen molar-refractivity contribution >= 4 is 18.3 Å². The zero-order valence-corrected chi connectivity index (χ0v) is 13.1. The van der Waals surface area contributed by atoms with Crippen molar-refractivity contribution in [2.45, 2.75) is 32.1 Å². The second kappa shape index (κ2) is 8.95. The standard InChI is InChI=1S/C15H22F2N2O.ClH/c1-3-11(2)13(12-7-5-4-6-8-12)14(20)19-10-15(16,17)9-18;/h4-8,11,13H,3,9-10,18H2,1-2H3,(H,19,20);1H. The van der Waals surface area contributed by atoms with E-state index in [2.05, 4.69) is 5.32 Å². The summed E-state index contributed by atoms with van der Waals surface area (Å²) in [5.41, 5.74) is 5.81. The lowest BCUT2D eigenvalue weighted by molar-refractivity contribution is -0.125. The second-order valence-corrected chi connectivity index (χ2v) is 5.05. The summed E-state index contributed by atoms with van der Waals surface area (Å²) < 4.78 is 26.2. The van der Waals surface area contributed by atoms with Gasteiger partial charge in [0, 0.05) is 0 Å². The van der Waals surface area contributed by atoms with Gasteiger partial charge in [-0.3, -0.25) is 4.79 Å². The predicted octanol–water partition coefficient (Wildman–Crippen LogP) is 2.95. The molecule has 2 atom stereocenters. The van der Waals surface area contributed by atoms with Crippen LogP contribution in [0, 0.1) is 5.92 Å². The van der Waals surface area contributed by atoms with E-state index in [9.17, 15) is 13.6 Å². The molecule has 0 saturated carbocycles. The van der Waals surface area contributed by atoms with Crippen LogP contribution in [-0.2, 0) is 4.79 Å². The highest BCUT2D eigenvalue weighted by molar-refractivity contribution is 5.85. The van der Waals surface area contributed by atoms with Crippen LogP contribution in [0.25, 0.3) is 0 Å². The number of hydrogen-bond donors (Lipinski definition) is 2. The van der Waals surface area contributed by atoms with Gasteiger partial charge in [-0.25, -0.2) is 8.78 Å². The lowest BCUT2D eigenvalue weighted by Gasteiger charge is -2.24. The number of carbonyl (C=O) groups excluding carboxylic acids is 1. The fourth-order valence-corrected chi connectivity index (χ4v) is 2.03. The van der Waals surface area contributed by atoms with Gasteiger partial charge in [0.2, 0.25) is 5.91 Å². The molecule has 0 aliphatic heterocycles. The molecular weight excluding hydrogens is 298 g/mol. The summed E-state index contributed by atoms with van der Waals surface area (Å²) in [5, 5.41) is 2.32. The van der Waals surface area contributed by atoms with Crippen LogP contribution < -0.4 is 11.1 Å².